The maximum absolute atomic E-state index is 12.7. The van der Waals surface area contributed by atoms with Crippen LogP contribution in [0.3, 0.4) is 0 Å². The van der Waals surface area contributed by atoms with Gasteiger partial charge in [-0.05, 0) is 25.1 Å². The predicted molar refractivity (Wildman–Crippen MR) is 83.9 cm³/mol. The Labute approximate surface area is 129 Å². The molecule has 2 fully saturated rings. The minimum absolute atomic E-state index is 0.102. The number of fused-ring (bicyclic) bond motifs is 1. The maximum Gasteiger partial charge on any atom is 0.257 e. The van der Waals surface area contributed by atoms with E-state index in [1.54, 1.807) is 10.7 Å². The number of carbonyl (C=O) groups excluding carboxylic acids is 1. The summed E-state index contributed by atoms with van der Waals surface area (Å²) in [6, 6.07) is 6.46. The van der Waals surface area contributed by atoms with E-state index < -0.39 is 0 Å². The minimum Gasteiger partial charge on any atom is -0.336 e. The first-order valence-corrected chi connectivity index (χ1v) is 7.99. The number of amides is 1. The van der Waals surface area contributed by atoms with Crippen molar-refractivity contribution in [1.29, 1.82) is 0 Å². The molecule has 116 valence electrons. The van der Waals surface area contributed by atoms with E-state index >= 15 is 0 Å². The quantitative estimate of drug-likeness (QED) is 0.875. The van der Waals surface area contributed by atoms with E-state index in [1.165, 1.54) is 6.42 Å². The van der Waals surface area contributed by atoms with Gasteiger partial charge < -0.3 is 10.2 Å². The van der Waals surface area contributed by atoms with Crippen molar-refractivity contribution in [1.82, 2.24) is 24.7 Å². The normalized spacial score (nSPS) is 23.3. The molecule has 1 amide bonds. The fourth-order valence-electron chi connectivity index (χ4n) is 3.51. The van der Waals surface area contributed by atoms with E-state index in [9.17, 15) is 4.79 Å². The Kier molecular flexibility index (Phi) is 3.56. The lowest BCUT2D eigenvalue weighted by molar-refractivity contribution is 0.0585. The molecule has 22 heavy (non-hydrogen) atoms. The highest BCUT2D eigenvalue weighted by molar-refractivity contribution is 6.00. The molecular weight excluding hydrogens is 278 g/mol. The summed E-state index contributed by atoms with van der Waals surface area (Å²) in [6.45, 7) is 5.75. The van der Waals surface area contributed by atoms with Crippen LogP contribution >= 0.6 is 0 Å². The van der Waals surface area contributed by atoms with Crippen LogP contribution in [-0.4, -0.2) is 70.6 Å². The first-order valence-electron chi connectivity index (χ1n) is 7.99. The molecule has 2 aliphatic heterocycles. The van der Waals surface area contributed by atoms with Crippen LogP contribution < -0.4 is 5.32 Å². The number of rotatable bonds is 2. The Morgan fingerprint density at radius 2 is 2.09 bits per heavy atom. The number of carbonyl (C=O) groups is 1. The van der Waals surface area contributed by atoms with E-state index in [1.807, 2.05) is 29.3 Å². The van der Waals surface area contributed by atoms with Gasteiger partial charge in [-0.2, -0.15) is 5.10 Å². The summed E-state index contributed by atoms with van der Waals surface area (Å²) in [5, 5.41) is 7.68. The molecule has 6 nitrogen and oxygen atoms in total. The lowest BCUT2D eigenvalue weighted by Gasteiger charge is -2.37. The fourth-order valence-corrected chi connectivity index (χ4v) is 3.51. The standard InChI is InChI=1S/C16H21N5O/c22-16(14-12-18-21-6-2-1-3-15(14)21)20-9-7-19(8-10-20)13-4-5-17-11-13/h1-3,6,12-13,17H,4-5,7-11H2. The monoisotopic (exact) mass is 299 g/mol. The highest BCUT2D eigenvalue weighted by atomic mass is 16.2. The van der Waals surface area contributed by atoms with Gasteiger partial charge in [-0.3, -0.25) is 9.69 Å². The number of nitrogens with zero attached hydrogens (tertiary/aromatic N) is 4. The number of nitrogens with one attached hydrogen (secondary N) is 1. The van der Waals surface area contributed by atoms with E-state index in [4.69, 9.17) is 0 Å². The van der Waals surface area contributed by atoms with E-state index in [2.05, 4.69) is 15.3 Å². The summed E-state index contributed by atoms with van der Waals surface area (Å²) in [5.74, 6) is 0.102. The van der Waals surface area contributed by atoms with Crippen molar-refractivity contribution in [2.24, 2.45) is 0 Å². The smallest absolute Gasteiger partial charge is 0.257 e. The summed E-state index contributed by atoms with van der Waals surface area (Å²) < 4.78 is 1.76. The molecule has 0 spiro atoms. The highest BCUT2D eigenvalue weighted by Gasteiger charge is 2.28. The molecule has 2 aliphatic rings. The summed E-state index contributed by atoms with van der Waals surface area (Å²) in [4.78, 5) is 17.2. The number of piperazine rings is 1. The zero-order valence-electron chi connectivity index (χ0n) is 12.6. The molecule has 0 bridgehead atoms. The second-order valence-corrected chi connectivity index (χ2v) is 6.06. The predicted octanol–water partition coefficient (Wildman–Crippen LogP) is 0.454. The molecule has 1 N–H and O–H groups in total. The summed E-state index contributed by atoms with van der Waals surface area (Å²) in [6.07, 6.45) is 4.78. The van der Waals surface area contributed by atoms with Gasteiger partial charge in [0.1, 0.15) is 0 Å². The zero-order chi connectivity index (χ0) is 14.9. The molecule has 4 heterocycles. The fraction of sp³-hybridized carbons (Fsp3) is 0.500. The molecule has 1 unspecified atom stereocenters. The highest BCUT2D eigenvalue weighted by Crippen LogP contribution is 2.16. The van der Waals surface area contributed by atoms with Gasteiger partial charge in [-0.25, -0.2) is 4.52 Å². The van der Waals surface area contributed by atoms with Crippen molar-refractivity contribution >= 4 is 11.4 Å². The van der Waals surface area contributed by atoms with E-state index in [0.29, 0.717) is 11.6 Å². The van der Waals surface area contributed by atoms with Crippen molar-refractivity contribution in [3.05, 3.63) is 36.2 Å². The van der Waals surface area contributed by atoms with Crippen LogP contribution in [0.5, 0.6) is 0 Å². The third-order valence-electron chi connectivity index (χ3n) is 4.81. The van der Waals surface area contributed by atoms with Crippen LogP contribution in [0, 0.1) is 0 Å². The van der Waals surface area contributed by atoms with Gasteiger partial charge in [0, 0.05) is 45.0 Å². The van der Waals surface area contributed by atoms with Crippen LogP contribution in [0.25, 0.3) is 5.52 Å². The summed E-state index contributed by atoms with van der Waals surface area (Å²) in [7, 11) is 0. The Morgan fingerprint density at radius 1 is 1.23 bits per heavy atom. The SMILES string of the molecule is O=C(c1cnn2ccccc12)N1CCN(C2CCNC2)CC1. The molecule has 0 aromatic carbocycles. The Balaban J connectivity index is 1.45. The second kappa shape index (κ2) is 5.70. The van der Waals surface area contributed by atoms with Crippen LogP contribution in [-0.2, 0) is 0 Å². The first kappa shape index (κ1) is 13.7. The topological polar surface area (TPSA) is 52.9 Å². The Bertz CT molecular complexity index is 668. The molecule has 2 saturated heterocycles. The van der Waals surface area contributed by atoms with Gasteiger partial charge in [0.25, 0.3) is 5.91 Å². The van der Waals surface area contributed by atoms with E-state index in [0.717, 1.165) is 44.8 Å². The van der Waals surface area contributed by atoms with Crippen LogP contribution in [0.1, 0.15) is 16.8 Å². The average molecular weight is 299 g/mol. The molecule has 0 radical (unpaired) electrons. The largest absolute Gasteiger partial charge is 0.336 e. The van der Waals surface area contributed by atoms with Crippen molar-refractivity contribution in [3.8, 4) is 0 Å². The summed E-state index contributed by atoms with van der Waals surface area (Å²) >= 11 is 0. The van der Waals surface area contributed by atoms with Crippen LogP contribution in [0.15, 0.2) is 30.6 Å². The zero-order valence-corrected chi connectivity index (χ0v) is 12.6. The molecule has 0 saturated carbocycles. The van der Waals surface area contributed by atoms with Crippen molar-refractivity contribution in [3.63, 3.8) is 0 Å². The number of aromatic nitrogens is 2. The Morgan fingerprint density at radius 3 is 2.86 bits per heavy atom. The molecule has 2 aromatic rings. The van der Waals surface area contributed by atoms with Gasteiger partial charge in [0.2, 0.25) is 0 Å². The third-order valence-corrected chi connectivity index (χ3v) is 4.81. The number of pyridine rings is 1. The van der Waals surface area contributed by atoms with Gasteiger partial charge in [0.05, 0.1) is 17.3 Å². The second-order valence-electron chi connectivity index (χ2n) is 6.06. The van der Waals surface area contributed by atoms with Crippen LogP contribution in [0.2, 0.25) is 0 Å². The van der Waals surface area contributed by atoms with Crippen molar-refractivity contribution in [2.75, 3.05) is 39.3 Å². The molecule has 1 atom stereocenters. The number of hydrogen-bond acceptors (Lipinski definition) is 4. The first-order chi connectivity index (χ1) is 10.8. The minimum atomic E-state index is 0.102. The van der Waals surface area contributed by atoms with Gasteiger partial charge in [-0.15, -0.1) is 0 Å². The molecule has 0 aliphatic carbocycles. The molecule has 6 heteroatoms. The van der Waals surface area contributed by atoms with Gasteiger partial charge in [0.15, 0.2) is 0 Å². The summed E-state index contributed by atoms with van der Waals surface area (Å²) in [5.41, 5.74) is 1.59. The van der Waals surface area contributed by atoms with Crippen LogP contribution in [0.4, 0.5) is 0 Å². The lowest BCUT2D eigenvalue weighted by Crippen LogP contribution is -2.52. The van der Waals surface area contributed by atoms with E-state index in [-0.39, 0.29) is 5.91 Å². The van der Waals surface area contributed by atoms with Crippen molar-refractivity contribution in [2.45, 2.75) is 12.5 Å². The molecule has 2 aromatic heterocycles. The number of hydrogen-bond donors (Lipinski definition) is 1. The van der Waals surface area contributed by atoms with Crippen molar-refractivity contribution < 1.29 is 4.79 Å². The maximum atomic E-state index is 12.7. The van der Waals surface area contributed by atoms with Gasteiger partial charge >= 0.3 is 0 Å². The Hall–Kier alpha value is -1.92. The molecule has 4 rings (SSSR count). The molecular formula is C16H21N5O. The van der Waals surface area contributed by atoms with Gasteiger partial charge in [-0.1, -0.05) is 6.07 Å². The average Bonchev–Trinajstić information content (AvgIpc) is 3.24. The third kappa shape index (κ3) is 2.38. The lowest BCUT2D eigenvalue weighted by atomic mass is 10.1.